The van der Waals surface area contributed by atoms with Crippen molar-refractivity contribution >= 4 is 5.91 Å². The van der Waals surface area contributed by atoms with Gasteiger partial charge in [-0.1, -0.05) is 0 Å². The lowest BCUT2D eigenvalue weighted by atomic mass is 10.2. The summed E-state index contributed by atoms with van der Waals surface area (Å²) in [6.45, 7) is 6.77. The third-order valence-corrected chi connectivity index (χ3v) is 3.14. The van der Waals surface area contributed by atoms with E-state index in [1.807, 2.05) is 43.7 Å². The third kappa shape index (κ3) is 3.95. The fourth-order valence-corrected chi connectivity index (χ4v) is 2.21. The molecule has 21 heavy (non-hydrogen) atoms. The van der Waals surface area contributed by atoms with Crippen LogP contribution in [-0.4, -0.2) is 35.4 Å². The number of hydrogen-bond acceptors (Lipinski definition) is 4. The Hall–Kier alpha value is -2.08. The number of rotatable bonds is 7. The standard InChI is InChI=1S/C15H21N3O3/c1-4-20-10-15(19)16-9-13(14-6-5-7-21-14)18-12(3)8-11(2)17-18/h5-8,13H,4,9-10H2,1-3H3,(H,16,19). The zero-order valence-electron chi connectivity index (χ0n) is 12.6. The Balaban J connectivity index is 2.11. The first kappa shape index (κ1) is 15.3. The maximum absolute atomic E-state index is 11.7. The van der Waals surface area contributed by atoms with E-state index < -0.39 is 0 Å². The molecule has 0 fully saturated rings. The van der Waals surface area contributed by atoms with E-state index >= 15 is 0 Å². The Morgan fingerprint density at radius 2 is 2.33 bits per heavy atom. The number of amides is 1. The van der Waals surface area contributed by atoms with Crippen LogP contribution in [0.25, 0.3) is 0 Å². The number of nitrogens with one attached hydrogen (secondary N) is 1. The van der Waals surface area contributed by atoms with Crippen molar-refractivity contribution < 1.29 is 13.9 Å². The highest BCUT2D eigenvalue weighted by atomic mass is 16.5. The smallest absolute Gasteiger partial charge is 0.246 e. The van der Waals surface area contributed by atoms with E-state index in [1.165, 1.54) is 0 Å². The molecule has 0 spiro atoms. The number of aromatic nitrogens is 2. The van der Waals surface area contributed by atoms with Gasteiger partial charge in [0.25, 0.3) is 0 Å². The molecule has 0 bridgehead atoms. The summed E-state index contributed by atoms with van der Waals surface area (Å²) in [5.41, 5.74) is 1.96. The van der Waals surface area contributed by atoms with Crippen LogP contribution in [0.15, 0.2) is 28.9 Å². The molecule has 1 unspecified atom stereocenters. The average Bonchev–Trinajstić information content (AvgIpc) is 3.07. The van der Waals surface area contributed by atoms with Crippen LogP contribution < -0.4 is 5.32 Å². The summed E-state index contributed by atoms with van der Waals surface area (Å²) in [6.07, 6.45) is 1.62. The van der Waals surface area contributed by atoms with Crippen molar-refractivity contribution in [1.82, 2.24) is 15.1 Å². The van der Waals surface area contributed by atoms with Crippen molar-refractivity contribution in [2.75, 3.05) is 19.8 Å². The van der Waals surface area contributed by atoms with Gasteiger partial charge >= 0.3 is 0 Å². The number of furan rings is 1. The van der Waals surface area contributed by atoms with E-state index in [1.54, 1.807) is 6.26 Å². The van der Waals surface area contributed by atoms with Crippen LogP contribution in [0.2, 0.25) is 0 Å². The maximum Gasteiger partial charge on any atom is 0.246 e. The Kier molecular flexibility index (Phi) is 5.16. The highest BCUT2D eigenvalue weighted by molar-refractivity contribution is 5.77. The van der Waals surface area contributed by atoms with E-state index in [-0.39, 0.29) is 18.6 Å². The van der Waals surface area contributed by atoms with Crippen LogP contribution in [0.4, 0.5) is 0 Å². The van der Waals surface area contributed by atoms with Crippen molar-refractivity contribution in [3.63, 3.8) is 0 Å². The average molecular weight is 291 g/mol. The van der Waals surface area contributed by atoms with E-state index in [9.17, 15) is 4.79 Å². The van der Waals surface area contributed by atoms with Gasteiger partial charge in [0.05, 0.1) is 12.0 Å². The highest BCUT2D eigenvalue weighted by Gasteiger charge is 2.20. The largest absolute Gasteiger partial charge is 0.467 e. The van der Waals surface area contributed by atoms with Crippen LogP contribution in [0.3, 0.4) is 0 Å². The Labute approximate surface area is 124 Å². The highest BCUT2D eigenvalue weighted by Crippen LogP contribution is 2.20. The van der Waals surface area contributed by atoms with Gasteiger partial charge in [-0.05, 0) is 39.0 Å². The zero-order valence-corrected chi connectivity index (χ0v) is 12.6. The van der Waals surface area contributed by atoms with Crippen molar-refractivity contribution in [3.05, 3.63) is 41.6 Å². The van der Waals surface area contributed by atoms with Gasteiger partial charge in [0.1, 0.15) is 18.4 Å². The second-order valence-corrected chi connectivity index (χ2v) is 4.84. The molecule has 1 amide bonds. The number of carbonyl (C=O) groups is 1. The minimum atomic E-state index is -0.167. The summed E-state index contributed by atoms with van der Waals surface area (Å²) in [7, 11) is 0. The molecule has 0 radical (unpaired) electrons. The molecule has 6 nitrogen and oxygen atoms in total. The number of ether oxygens (including phenoxy) is 1. The topological polar surface area (TPSA) is 69.3 Å². The predicted molar refractivity (Wildman–Crippen MR) is 78.1 cm³/mol. The third-order valence-electron chi connectivity index (χ3n) is 3.14. The minimum absolute atomic E-state index is 0.0679. The van der Waals surface area contributed by atoms with Gasteiger partial charge in [0.15, 0.2) is 0 Å². The van der Waals surface area contributed by atoms with E-state index in [0.29, 0.717) is 13.2 Å². The maximum atomic E-state index is 11.7. The first-order chi connectivity index (χ1) is 10.1. The minimum Gasteiger partial charge on any atom is -0.467 e. The Morgan fingerprint density at radius 1 is 1.52 bits per heavy atom. The van der Waals surface area contributed by atoms with Crippen molar-refractivity contribution in [1.29, 1.82) is 0 Å². The number of carbonyl (C=O) groups excluding carboxylic acids is 1. The van der Waals surface area contributed by atoms with Gasteiger partial charge in [0.2, 0.25) is 5.91 Å². The van der Waals surface area contributed by atoms with Gasteiger partial charge in [-0.25, -0.2) is 0 Å². The molecule has 114 valence electrons. The molecule has 2 heterocycles. The van der Waals surface area contributed by atoms with Gasteiger partial charge in [-0.2, -0.15) is 5.10 Å². The summed E-state index contributed by atoms with van der Waals surface area (Å²) in [5, 5.41) is 7.34. The SMILES string of the molecule is CCOCC(=O)NCC(c1ccco1)n1nc(C)cc1C. The predicted octanol–water partition coefficient (Wildman–Crippen LogP) is 1.84. The lowest BCUT2D eigenvalue weighted by Crippen LogP contribution is -2.34. The molecular formula is C15H21N3O3. The molecule has 2 aromatic rings. The molecule has 1 atom stereocenters. The van der Waals surface area contributed by atoms with Crippen LogP contribution in [0, 0.1) is 13.8 Å². The van der Waals surface area contributed by atoms with Gasteiger partial charge in [0, 0.05) is 18.8 Å². The van der Waals surface area contributed by atoms with E-state index in [0.717, 1.165) is 17.1 Å². The van der Waals surface area contributed by atoms with Gasteiger partial charge in [-0.15, -0.1) is 0 Å². The van der Waals surface area contributed by atoms with Crippen LogP contribution >= 0.6 is 0 Å². The summed E-state index contributed by atoms with van der Waals surface area (Å²) < 4.78 is 12.4. The molecule has 0 saturated heterocycles. The van der Waals surface area contributed by atoms with Crippen LogP contribution in [-0.2, 0) is 9.53 Å². The van der Waals surface area contributed by atoms with Gasteiger partial charge in [-0.3, -0.25) is 9.48 Å². The second-order valence-electron chi connectivity index (χ2n) is 4.84. The van der Waals surface area contributed by atoms with Crippen LogP contribution in [0.1, 0.15) is 30.1 Å². The number of hydrogen-bond donors (Lipinski definition) is 1. The number of aryl methyl sites for hydroxylation is 2. The molecule has 6 heteroatoms. The van der Waals surface area contributed by atoms with E-state index in [2.05, 4.69) is 10.4 Å². The molecule has 2 aromatic heterocycles. The zero-order chi connectivity index (χ0) is 15.2. The molecule has 2 rings (SSSR count). The van der Waals surface area contributed by atoms with Crippen molar-refractivity contribution in [3.8, 4) is 0 Å². The first-order valence-corrected chi connectivity index (χ1v) is 7.02. The lowest BCUT2D eigenvalue weighted by molar-refractivity contribution is -0.125. The fourth-order valence-electron chi connectivity index (χ4n) is 2.21. The first-order valence-electron chi connectivity index (χ1n) is 7.02. The molecule has 0 aliphatic carbocycles. The molecule has 1 N–H and O–H groups in total. The quantitative estimate of drug-likeness (QED) is 0.845. The fraction of sp³-hybridized carbons (Fsp3) is 0.467. The summed E-state index contributed by atoms with van der Waals surface area (Å²) in [4.78, 5) is 11.7. The molecule has 0 saturated carbocycles. The summed E-state index contributed by atoms with van der Waals surface area (Å²) >= 11 is 0. The molecule has 0 aromatic carbocycles. The lowest BCUT2D eigenvalue weighted by Gasteiger charge is -2.18. The summed E-state index contributed by atoms with van der Waals surface area (Å²) in [5.74, 6) is 0.618. The van der Waals surface area contributed by atoms with E-state index in [4.69, 9.17) is 9.15 Å². The Morgan fingerprint density at radius 3 is 2.90 bits per heavy atom. The molecule has 0 aliphatic heterocycles. The Bertz CT molecular complexity index is 575. The van der Waals surface area contributed by atoms with Crippen molar-refractivity contribution in [2.45, 2.75) is 26.8 Å². The molecule has 0 aliphatic rings. The second kappa shape index (κ2) is 7.08. The molecular weight excluding hydrogens is 270 g/mol. The van der Waals surface area contributed by atoms with Crippen molar-refractivity contribution in [2.24, 2.45) is 0 Å². The monoisotopic (exact) mass is 291 g/mol. The van der Waals surface area contributed by atoms with Gasteiger partial charge < -0.3 is 14.5 Å². The normalized spacial score (nSPS) is 12.3. The number of nitrogens with zero attached hydrogens (tertiary/aromatic N) is 2. The van der Waals surface area contributed by atoms with Crippen LogP contribution in [0.5, 0.6) is 0 Å². The summed E-state index contributed by atoms with van der Waals surface area (Å²) in [6, 6.07) is 5.54.